The summed E-state index contributed by atoms with van der Waals surface area (Å²) in [5.74, 6) is -0.805. The Balaban J connectivity index is 1.67. The van der Waals surface area contributed by atoms with E-state index in [-0.39, 0.29) is 22.9 Å². The summed E-state index contributed by atoms with van der Waals surface area (Å²) in [7, 11) is 0. The quantitative estimate of drug-likeness (QED) is 0.375. The van der Waals surface area contributed by atoms with E-state index >= 15 is 0 Å². The average molecular weight is 467 g/mol. The molecule has 1 N–H and O–H groups in total. The topological polar surface area (TPSA) is 33.1 Å². The first-order valence-electron chi connectivity index (χ1n) is 9.92. The van der Waals surface area contributed by atoms with Crippen molar-refractivity contribution in [3.05, 3.63) is 113 Å². The molecule has 0 bridgehead atoms. The van der Waals surface area contributed by atoms with Gasteiger partial charge in [0.15, 0.2) is 5.11 Å². The number of hydrogen-bond acceptors (Lipinski definition) is 2. The minimum absolute atomic E-state index is 0.0406. The predicted octanol–water partition coefficient (Wildman–Crippen LogP) is 5.98. The minimum Gasteiger partial charge on any atom is -0.351 e. The highest BCUT2D eigenvalue weighted by Crippen LogP contribution is 2.42. The van der Waals surface area contributed by atoms with Crippen molar-refractivity contribution in [1.29, 1.82) is 0 Å². The Morgan fingerprint density at radius 3 is 2.44 bits per heavy atom. The second-order valence-electron chi connectivity index (χ2n) is 7.37. The van der Waals surface area contributed by atoms with Gasteiger partial charge in [-0.25, -0.2) is 8.78 Å². The molecule has 4 nitrogen and oxygen atoms in total. The van der Waals surface area contributed by atoms with E-state index in [0.717, 1.165) is 17.1 Å². The van der Waals surface area contributed by atoms with Crippen molar-refractivity contribution in [2.45, 2.75) is 12.1 Å². The molecule has 1 saturated heterocycles. The number of thiocarbonyl (C=S) groups is 1. The Morgan fingerprint density at radius 2 is 1.72 bits per heavy atom. The zero-order chi connectivity index (χ0) is 22.2. The molecule has 2 aromatic heterocycles. The maximum Gasteiger partial charge on any atom is 0.174 e. The Bertz CT molecular complexity index is 1280. The van der Waals surface area contributed by atoms with Gasteiger partial charge in [-0.15, -0.1) is 0 Å². The fourth-order valence-electron chi connectivity index (χ4n) is 4.04. The number of hydrogen-bond donors (Lipinski definition) is 1. The molecule has 8 heteroatoms. The van der Waals surface area contributed by atoms with E-state index < -0.39 is 5.82 Å². The van der Waals surface area contributed by atoms with Crippen molar-refractivity contribution in [3.63, 3.8) is 0 Å². The van der Waals surface area contributed by atoms with Crippen LogP contribution >= 0.6 is 23.8 Å². The van der Waals surface area contributed by atoms with Crippen LogP contribution in [-0.2, 0) is 0 Å². The van der Waals surface area contributed by atoms with Crippen LogP contribution in [0.25, 0.3) is 5.69 Å². The van der Waals surface area contributed by atoms with Gasteiger partial charge < -0.3 is 14.8 Å². The number of nitrogens with zero attached hydrogens (tertiary/aromatic N) is 3. The molecule has 1 fully saturated rings. The highest BCUT2D eigenvalue weighted by atomic mass is 35.5. The van der Waals surface area contributed by atoms with Crippen molar-refractivity contribution < 1.29 is 8.78 Å². The van der Waals surface area contributed by atoms with Gasteiger partial charge in [0.2, 0.25) is 0 Å². The van der Waals surface area contributed by atoms with E-state index in [2.05, 4.69) is 10.3 Å². The van der Waals surface area contributed by atoms with E-state index in [1.54, 1.807) is 30.5 Å². The van der Waals surface area contributed by atoms with Crippen LogP contribution in [0.15, 0.2) is 85.2 Å². The van der Waals surface area contributed by atoms with Crippen LogP contribution in [0, 0.1) is 11.6 Å². The van der Waals surface area contributed by atoms with Gasteiger partial charge in [-0.05, 0) is 78.9 Å². The summed E-state index contributed by atoms with van der Waals surface area (Å²) in [6.45, 7) is 0. The van der Waals surface area contributed by atoms with E-state index in [4.69, 9.17) is 23.8 Å². The van der Waals surface area contributed by atoms with Crippen molar-refractivity contribution in [2.24, 2.45) is 0 Å². The maximum atomic E-state index is 13.8. The molecular weight excluding hydrogens is 450 g/mol. The molecule has 1 aliphatic heterocycles. The third-order valence-electron chi connectivity index (χ3n) is 5.47. The Hall–Kier alpha value is -3.29. The van der Waals surface area contributed by atoms with E-state index in [9.17, 15) is 8.78 Å². The first-order valence-corrected chi connectivity index (χ1v) is 10.7. The zero-order valence-corrected chi connectivity index (χ0v) is 18.2. The van der Waals surface area contributed by atoms with E-state index in [1.165, 1.54) is 18.2 Å². The van der Waals surface area contributed by atoms with Gasteiger partial charge in [-0.2, -0.15) is 0 Å². The predicted molar refractivity (Wildman–Crippen MR) is 125 cm³/mol. The van der Waals surface area contributed by atoms with Crippen LogP contribution in [0.5, 0.6) is 0 Å². The van der Waals surface area contributed by atoms with Gasteiger partial charge in [-0.3, -0.25) is 4.98 Å². The lowest BCUT2D eigenvalue weighted by Crippen LogP contribution is -2.30. The summed E-state index contributed by atoms with van der Waals surface area (Å²) in [5.41, 5.74) is 3.17. The van der Waals surface area contributed by atoms with Crippen molar-refractivity contribution in [1.82, 2.24) is 14.9 Å². The smallest absolute Gasteiger partial charge is 0.174 e. The van der Waals surface area contributed by atoms with Crippen LogP contribution in [0.4, 0.5) is 14.5 Å². The first kappa shape index (κ1) is 20.6. The summed E-state index contributed by atoms with van der Waals surface area (Å²) in [6, 6.07) is 19.8. The van der Waals surface area contributed by atoms with Crippen LogP contribution in [0.2, 0.25) is 5.02 Å². The lowest BCUT2D eigenvalue weighted by atomic mass is 10.0. The summed E-state index contributed by atoms with van der Waals surface area (Å²) in [5, 5.41) is 3.92. The standard InChI is InChI=1S/C24H17ClF2N4S/c25-18-14-17(10-11-19(18)27)30-13-3-5-21(30)23-22(20-4-1-2-12-28-20)29-24(32)31(23)16-8-6-15(26)7-9-16/h1-14,22-23H,(H,29,32)/t22-,23-/m0/s1. The van der Waals surface area contributed by atoms with Crippen LogP contribution in [0.3, 0.4) is 0 Å². The number of benzene rings is 2. The Kier molecular flexibility index (Phi) is 5.36. The second kappa shape index (κ2) is 8.33. The van der Waals surface area contributed by atoms with Crippen LogP contribution < -0.4 is 10.2 Å². The second-order valence-corrected chi connectivity index (χ2v) is 8.17. The minimum atomic E-state index is -0.480. The molecule has 0 unspecified atom stereocenters. The number of nitrogens with one attached hydrogen (secondary N) is 1. The van der Waals surface area contributed by atoms with E-state index in [0.29, 0.717) is 10.8 Å². The first-order chi connectivity index (χ1) is 15.5. The highest BCUT2D eigenvalue weighted by Gasteiger charge is 2.42. The molecule has 0 radical (unpaired) electrons. The van der Waals surface area contributed by atoms with Crippen molar-refractivity contribution in [3.8, 4) is 5.69 Å². The SMILES string of the molecule is Fc1ccc(N2C(=S)N[C@@H](c3ccccn3)[C@@H]2c2cccn2-c2ccc(F)c(Cl)c2)cc1. The maximum absolute atomic E-state index is 13.8. The van der Waals surface area contributed by atoms with Gasteiger partial charge in [0.1, 0.15) is 17.7 Å². The van der Waals surface area contributed by atoms with Crippen molar-refractivity contribution >= 4 is 34.6 Å². The molecule has 0 saturated carbocycles. The molecule has 0 aliphatic carbocycles. The largest absolute Gasteiger partial charge is 0.351 e. The molecule has 5 rings (SSSR count). The average Bonchev–Trinajstić information content (AvgIpc) is 3.41. The fourth-order valence-corrected chi connectivity index (χ4v) is 4.56. The molecule has 2 aromatic carbocycles. The lowest BCUT2D eigenvalue weighted by Gasteiger charge is -2.29. The summed E-state index contributed by atoms with van der Waals surface area (Å²) < 4.78 is 29.3. The molecule has 32 heavy (non-hydrogen) atoms. The zero-order valence-electron chi connectivity index (χ0n) is 16.6. The van der Waals surface area contributed by atoms with Gasteiger partial charge in [0.05, 0.1) is 16.8 Å². The highest BCUT2D eigenvalue weighted by molar-refractivity contribution is 7.80. The molecule has 0 spiro atoms. The van der Waals surface area contributed by atoms with Crippen LogP contribution in [0.1, 0.15) is 23.5 Å². The monoisotopic (exact) mass is 466 g/mol. The number of pyridine rings is 1. The third-order valence-corrected chi connectivity index (χ3v) is 6.07. The normalized spacial score (nSPS) is 18.1. The summed E-state index contributed by atoms with van der Waals surface area (Å²) in [4.78, 5) is 6.49. The number of halogens is 3. The van der Waals surface area contributed by atoms with Gasteiger partial charge in [-0.1, -0.05) is 17.7 Å². The number of anilines is 1. The van der Waals surface area contributed by atoms with E-state index in [1.807, 2.05) is 46.0 Å². The van der Waals surface area contributed by atoms with Crippen molar-refractivity contribution in [2.75, 3.05) is 4.90 Å². The molecule has 160 valence electrons. The molecule has 3 heterocycles. The fraction of sp³-hybridized carbons (Fsp3) is 0.0833. The lowest BCUT2D eigenvalue weighted by molar-refractivity contribution is 0.549. The molecule has 0 amide bonds. The summed E-state index contributed by atoms with van der Waals surface area (Å²) >= 11 is 11.7. The number of aromatic nitrogens is 2. The van der Waals surface area contributed by atoms with Gasteiger partial charge in [0.25, 0.3) is 0 Å². The Morgan fingerprint density at radius 1 is 0.938 bits per heavy atom. The van der Waals surface area contributed by atoms with Gasteiger partial charge in [0, 0.05) is 29.5 Å². The molecule has 1 aliphatic rings. The molecule has 4 aromatic rings. The number of rotatable bonds is 4. The summed E-state index contributed by atoms with van der Waals surface area (Å²) in [6.07, 6.45) is 3.62. The third kappa shape index (κ3) is 3.63. The van der Waals surface area contributed by atoms with Gasteiger partial charge >= 0.3 is 0 Å². The Labute approximate surface area is 194 Å². The molecular formula is C24H17ClF2N4S. The molecule has 2 atom stereocenters. The van der Waals surface area contributed by atoms with Crippen LogP contribution in [-0.4, -0.2) is 14.7 Å².